The predicted octanol–water partition coefficient (Wildman–Crippen LogP) is 4.63. The third-order valence-electron chi connectivity index (χ3n) is 4.24. The average molecular weight is 403 g/mol. The van der Waals surface area contributed by atoms with E-state index in [2.05, 4.69) is 15.6 Å². The zero-order valence-electron chi connectivity index (χ0n) is 15.5. The summed E-state index contributed by atoms with van der Waals surface area (Å²) in [6.07, 6.45) is 0. The van der Waals surface area contributed by atoms with Crippen LogP contribution in [0.25, 0.3) is 22.6 Å². The lowest BCUT2D eigenvalue weighted by atomic mass is 10.2. The van der Waals surface area contributed by atoms with Crippen molar-refractivity contribution in [1.82, 2.24) is 10.3 Å². The van der Waals surface area contributed by atoms with Gasteiger partial charge >= 0.3 is 0 Å². The zero-order chi connectivity index (χ0) is 20.2. The molecule has 0 aliphatic rings. The van der Waals surface area contributed by atoms with Crippen LogP contribution >= 0.6 is 12.2 Å². The van der Waals surface area contributed by atoms with Gasteiger partial charge in [-0.15, -0.1) is 0 Å². The number of aromatic nitrogens is 1. The van der Waals surface area contributed by atoms with E-state index in [-0.39, 0.29) is 11.0 Å². The van der Waals surface area contributed by atoms with E-state index in [0.29, 0.717) is 34.0 Å². The second-order valence-electron chi connectivity index (χ2n) is 6.18. The lowest BCUT2D eigenvalue weighted by Gasteiger charge is -2.11. The molecule has 0 aliphatic heterocycles. The number of para-hydroxylation sites is 1. The molecule has 7 heteroatoms. The summed E-state index contributed by atoms with van der Waals surface area (Å²) >= 11 is 5.27. The first-order valence-electron chi connectivity index (χ1n) is 8.85. The Balaban J connectivity index is 1.49. The maximum absolute atomic E-state index is 12.5. The zero-order valence-corrected chi connectivity index (χ0v) is 16.3. The van der Waals surface area contributed by atoms with Gasteiger partial charge in [0.05, 0.1) is 12.7 Å². The van der Waals surface area contributed by atoms with Crippen LogP contribution in [0.2, 0.25) is 0 Å². The van der Waals surface area contributed by atoms with Gasteiger partial charge in [-0.3, -0.25) is 10.1 Å². The minimum atomic E-state index is -0.353. The average Bonchev–Trinajstić information content (AvgIpc) is 3.17. The molecule has 1 heterocycles. The molecule has 1 aromatic heterocycles. The lowest BCUT2D eigenvalue weighted by molar-refractivity contribution is 0.0975. The standard InChI is InChI=1S/C22H17N3O3S/c1-27-18-10-6-5-9-16(18)20(26)25-22(29)23-15-11-12-19-17(13-15)24-21(28-19)14-7-3-2-4-8-14/h2-13H,1H3,(H2,23,25,26,29). The van der Waals surface area contributed by atoms with Crippen LogP contribution in [-0.4, -0.2) is 23.1 Å². The molecule has 0 saturated carbocycles. The number of fused-ring (bicyclic) bond motifs is 1. The predicted molar refractivity (Wildman–Crippen MR) is 116 cm³/mol. The molecule has 2 N–H and O–H groups in total. The number of oxazole rings is 1. The van der Waals surface area contributed by atoms with Gasteiger partial charge in [0.2, 0.25) is 5.89 Å². The normalized spacial score (nSPS) is 10.5. The molecule has 0 atom stereocenters. The maximum Gasteiger partial charge on any atom is 0.261 e. The summed E-state index contributed by atoms with van der Waals surface area (Å²) in [6.45, 7) is 0. The molecular formula is C22H17N3O3S. The van der Waals surface area contributed by atoms with E-state index in [0.717, 1.165) is 5.56 Å². The van der Waals surface area contributed by atoms with Crippen LogP contribution in [0, 0.1) is 0 Å². The van der Waals surface area contributed by atoms with Crippen molar-refractivity contribution >= 4 is 40.0 Å². The molecule has 0 bridgehead atoms. The SMILES string of the molecule is COc1ccccc1C(=O)NC(=S)Nc1ccc2oc(-c3ccccc3)nc2c1. The van der Waals surface area contributed by atoms with Gasteiger partial charge in [-0.1, -0.05) is 30.3 Å². The second-order valence-corrected chi connectivity index (χ2v) is 6.58. The first-order chi connectivity index (χ1) is 14.1. The molecular weight excluding hydrogens is 386 g/mol. The summed E-state index contributed by atoms with van der Waals surface area (Å²) in [5, 5.41) is 5.83. The first-order valence-corrected chi connectivity index (χ1v) is 9.26. The number of anilines is 1. The van der Waals surface area contributed by atoms with Crippen LogP contribution in [0.3, 0.4) is 0 Å². The molecule has 29 heavy (non-hydrogen) atoms. The van der Waals surface area contributed by atoms with Gasteiger partial charge in [0.1, 0.15) is 11.3 Å². The van der Waals surface area contributed by atoms with E-state index in [4.69, 9.17) is 21.4 Å². The Kier molecular flexibility index (Phi) is 5.22. The molecule has 0 spiro atoms. The number of hydrogen-bond acceptors (Lipinski definition) is 5. The summed E-state index contributed by atoms with van der Waals surface area (Å²) < 4.78 is 11.0. The van der Waals surface area contributed by atoms with Crippen molar-refractivity contribution in [2.75, 3.05) is 12.4 Å². The van der Waals surface area contributed by atoms with E-state index >= 15 is 0 Å². The molecule has 4 aromatic rings. The van der Waals surface area contributed by atoms with E-state index in [9.17, 15) is 4.79 Å². The van der Waals surface area contributed by atoms with Crippen LogP contribution in [0.1, 0.15) is 10.4 Å². The maximum atomic E-state index is 12.5. The Bertz CT molecular complexity index is 1190. The molecule has 0 saturated heterocycles. The minimum Gasteiger partial charge on any atom is -0.496 e. The number of amides is 1. The number of carbonyl (C=O) groups excluding carboxylic acids is 1. The van der Waals surface area contributed by atoms with Crippen molar-refractivity contribution in [2.45, 2.75) is 0 Å². The molecule has 1 amide bonds. The fourth-order valence-corrected chi connectivity index (χ4v) is 3.08. The van der Waals surface area contributed by atoms with Crippen molar-refractivity contribution in [3.8, 4) is 17.2 Å². The Morgan fingerprint density at radius 3 is 2.59 bits per heavy atom. The van der Waals surface area contributed by atoms with Gasteiger partial charge in [-0.05, 0) is 54.7 Å². The highest BCUT2D eigenvalue weighted by Crippen LogP contribution is 2.26. The number of hydrogen-bond donors (Lipinski definition) is 2. The third-order valence-corrected chi connectivity index (χ3v) is 4.45. The summed E-state index contributed by atoms with van der Waals surface area (Å²) in [6, 6.07) is 22.0. The van der Waals surface area contributed by atoms with Crippen molar-refractivity contribution in [2.24, 2.45) is 0 Å². The quantitative estimate of drug-likeness (QED) is 0.484. The van der Waals surface area contributed by atoms with Gasteiger partial charge in [0.25, 0.3) is 5.91 Å². The third kappa shape index (κ3) is 4.09. The molecule has 6 nitrogen and oxygen atoms in total. The number of rotatable bonds is 4. The van der Waals surface area contributed by atoms with Crippen molar-refractivity contribution in [1.29, 1.82) is 0 Å². The highest BCUT2D eigenvalue weighted by molar-refractivity contribution is 7.80. The molecule has 3 aromatic carbocycles. The fraction of sp³-hybridized carbons (Fsp3) is 0.0455. The highest BCUT2D eigenvalue weighted by Gasteiger charge is 2.13. The van der Waals surface area contributed by atoms with Crippen molar-refractivity contribution < 1.29 is 13.9 Å². The van der Waals surface area contributed by atoms with E-state index in [1.807, 2.05) is 48.5 Å². The molecule has 0 radical (unpaired) electrons. The minimum absolute atomic E-state index is 0.173. The van der Waals surface area contributed by atoms with Crippen LogP contribution < -0.4 is 15.4 Å². The molecule has 0 unspecified atom stereocenters. The first kappa shape index (κ1) is 18.6. The van der Waals surface area contributed by atoms with Gasteiger partial charge in [0, 0.05) is 11.3 Å². The summed E-state index contributed by atoms with van der Waals surface area (Å²) in [5.41, 5.74) is 3.35. The Morgan fingerprint density at radius 1 is 1.03 bits per heavy atom. The van der Waals surface area contributed by atoms with Crippen molar-refractivity contribution in [3.63, 3.8) is 0 Å². The van der Waals surface area contributed by atoms with Gasteiger partial charge in [-0.2, -0.15) is 0 Å². The van der Waals surface area contributed by atoms with E-state index in [1.54, 1.807) is 24.3 Å². The largest absolute Gasteiger partial charge is 0.496 e. The van der Waals surface area contributed by atoms with Crippen LogP contribution in [0.15, 0.2) is 77.2 Å². The molecule has 4 rings (SSSR count). The summed E-state index contributed by atoms with van der Waals surface area (Å²) in [7, 11) is 1.51. The number of carbonyl (C=O) groups is 1. The van der Waals surface area contributed by atoms with Gasteiger partial charge in [-0.25, -0.2) is 4.98 Å². The smallest absolute Gasteiger partial charge is 0.261 e. The van der Waals surface area contributed by atoms with E-state index < -0.39 is 0 Å². The summed E-state index contributed by atoms with van der Waals surface area (Å²) in [4.78, 5) is 17.0. The number of methoxy groups -OCH3 is 1. The Hall–Kier alpha value is -3.71. The van der Waals surface area contributed by atoms with Gasteiger partial charge < -0.3 is 14.5 Å². The molecule has 0 aliphatic carbocycles. The Morgan fingerprint density at radius 2 is 1.79 bits per heavy atom. The number of thiocarbonyl (C=S) groups is 1. The van der Waals surface area contributed by atoms with Crippen LogP contribution in [0.4, 0.5) is 5.69 Å². The topological polar surface area (TPSA) is 76.4 Å². The van der Waals surface area contributed by atoms with E-state index in [1.165, 1.54) is 7.11 Å². The van der Waals surface area contributed by atoms with Gasteiger partial charge in [0.15, 0.2) is 10.7 Å². The van der Waals surface area contributed by atoms with Crippen molar-refractivity contribution in [3.05, 3.63) is 78.4 Å². The van der Waals surface area contributed by atoms with Crippen LogP contribution in [0.5, 0.6) is 5.75 Å². The lowest BCUT2D eigenvalue weighted by Crippen LogP contribution is -2.34. The second kappa shape index (κ2) is 8.12. The number of benzene rings is 3. The number of nitrogens with one attached hydrogen (secondary N) is 2. The molecule has 0 fully saturated rings. The highest BCUT2D eigenvalue weighted by atomic mass is 32.1. The number of ether oxygens (including phenoxy) is 1. The fourth-order valence-electron chi connectivity index (χ4n) is 2.87. The van der Waals surface area contributed by atoms with Crippen LogP contribution in [-0.2, 0) is 0 Å². The summed E-state index contributed by atoms with van der Waals surface area (Å²) in [5.74, 6) is 0.670. The monoisotopic (exact) mass is 403 g/mol. The Labute approximate surface area is 172 Å². The molecule has 144 valence electrons. The number of nitrogens with zero attached hydrogens (tertiary/aromatic N) is 1.